The van der Waals surface area contributed by atoms with Gasteiger partial charge in [0.2, 0.25) is 5.69 Å². The van der Waals surface area contributed by atoms with Crippen molar-refractivity contribution in [2.75, 3.05) is 0 Å². The first-order chi connectivity index (χ1) is 14.6. The Labute approximate surface area is 164 Å². The molecule has 0 spiro atoms. The highest BCUT2D eigenvalue weighted by Crippen LogP contribution is 2.34. The van der Waals surface area contributed by atoms with Crippen LogP contribution in [0.1, 0.15) is 55.9 Å². The largest absolute Gasteiger partial charge is 0.213 e. The zero-order valence-corrected chi connectivity index (χ0v) is 15.4. The molecular formula is C25H28N+. The van der Waals surface area contributed by atoms with E-state index in [2.05, 4.69) is 29.7 Å². The maximum Gasteiger partial charge on any atom is 0.213 e. The number of hydrogen-bond acceptors (Lipinski definition) is 0. The zero-order valence-electron chi connectivity index (χ0n) is 20.4. The Bertz CT molecular complexity index is 1120. The van der Waals surface area contributed by atoms with Gasteiger partial charge in [0.15, 0.2) is 6.20 Å². The molecule has 132 valence electrons. The number of nitrogens with zero attached hydrogens (tertiary/aromatic N) is 1. The number of hydrogen-bond donors (Lipinski definition) is 0. The van der Waals surface area contributed by atoms with Crippen molar-refractivity contribution in [3.63, 3.8) is 0 Å². The number of rotatable bonds is 3. The maximum absolute atomic E-state index is 9.00. The number of aromatic nitrogens is 1. The van der Waals surface area contributed by atoms with Gasteiger partial charge in [-0.15, -0.1) is 0 Å². The molecule has 1 saturated carbocycles. The Morgan fingerprint density at radius 2 is 1.85 bits per heavy atom. The van der Waals surface area contributed by atoms with Crippen LogP contribution < -0.4 is 4.57 Å². The predicted octanol–water partition coefficient (Wildman–Crippen LogP) is 6.20. The number of benzene rings is 2. The maximum atomic E-state index is 9.00. The summed E-state index contributed by atoms with van der Waals surface area (Å²) < 4.78 is 44.4. The van der Waals surface area contributed by atoms with Gasteiger partial charge in [0.25, 0.3) is 0 Å². The monoisotopic (exact) mass is 347 g/mol. The average molecular weight is 348 g/mol. The van der Waals surface area contributed by atoms with Gasteiger partial charge < -0.3 is 0 Å². The molecule has 1 fully saturated rings. The normalized spacial score (nSPS) is 26.8. The van der Waals surface area contributed by atoms with Crippen LogP contribution in [0, 0.1) is 6.92 Å². The van der Waals surface area contributed by atoms with Crippen molar-refractivity contribution in [2.24, 2.45) is 7.05 Å². The van der Waals surface area contributed by atoms with Crippen molar-refractivity contribution in [3.8, 4) is 22.4 Å². The molecule has 0 amide bonds. The molecule has 2 aromatic carbocycles. The minimum atomic E-state index is -2.27. The average Bonchev–Trinajstić information content (AvgIpc) is 2.73. The highest BCUT2D eigenvalue weighted by Gasteiger charge is 2.17. The SMILES string of the molecule is [2H]C1([2H])CCCC([2H])(c2cccc(-c3cc[n+](C)c(-c4ccccc4C)c3)c2)C1([2H])[2H]. The molecule has 1 nitrogen and oxygen atoms in total. The smallest absolute Gasteiger partial charge is 0.201 e. The van der Waals surface area contributed by atoms with Crippen LogP contribution >= 0.6 is 0 Å². The van der Waals surface area contributed by atoms with Gasteiger partial charge in [-0.25, -0.2) is 4.57 Å². The summed E-state index contributed by atoms with van der Waals surface area (Å²) in [7, 11) is 2.01. The molecular weight excluding hydrogens is 314 g/mol. The molecule has 1 aromatic heterocycles. The first-order valence-corrected chi connectivity index (χ1v) is 9.23. The summed E-state index contributed by atoms with van der Waals surface area (Å²) in [5, 5.41) is 0. The van der Waals surface area contributed by atoms with Crippen LogP contribution in [-0.2, 0) is 7.05 Å². The molecule has 1 aliphatic carbocycles. The highest BCUT2D eigenvalue weighted by molar-refractivity contribution is 5.70. The molecule has 1 unspecified atom stereocenters. The number of aryl methyl sites for hydroxylation is 2. The van der Waals surface area contributed by atoms with E-state index in [0.29, 0.717) is 18.4 Å². The molecule has 26 heavy (non-hydrogen) atoms. The van der Waals surface area contributed by atoms with Crippen molar-refractivity contribution in [1.29, 1.82) is 0 Å². The number of pyridine rings is 1. The minimum Gasteiger partial charge on any atom is -0.201 e. The predicted molar refractivity (Wildman–Crippen MR) is 109 cm³/mol. The molecule has 0 aliphatic heterocycles. The quantitative estimate of drug-likeness (QED) is 0.497. The lowest BCUT2D eigenvalue weighted by atomic mass is 9.83. The van der Waals surface area contributed by atoms with E-state index < -0.39 is 18.6 Å². The van der Waals surface area contributed by atoms with Crippen LogP contribution in [0.15, 0.2) is 66.9 Å². The molecule has 1 heteroatoms. The van der Waals surface area contributed by atoms with Crippen LogP contribution in [0.2, 0.25) is 0 Å². The first kappa shape index (κ1) is 12.1. The zero-order chi connectivity index (χ0) is 22.4. The topological polar surface area (TPSA) is 3.88 Å². The fourth-order valence-corrected chi connectivity index (χ4v) is 3.57. The lowest BCUT2D eigenvalue weighted by molar-refractivity contribution is -0.660. The van der Waals surface area contributed by atoms with Crippen LogP contribution in [0.3, 0.4) is 0 Å². The van der Waals surface area contributed by atoms with Gasteiger partial charge in [-0.3, -0.25) is 0 Å². The molecule has 1 atom stereocenters. The highest BCUT2D eigenvalue weighted by atomic mass is 14.9. The lowest BCUT2D eigenvalue weighted by Gasteiger charge is -2.22. The van der Waals surface area contributed by atoms with E-state index in [1.807, 2.05) is 49.6 Å². The Hall–Kier alpha value is -2.41. The second-order valence-electron chi connectivity index (χ2n) is 6.94. The van der Waals surface area contributed by atoms with Gasteiger partial charge >= 0.3 is 0 Å². The fourth-order valence-electron chi connectivity index (χ4n) is 3.57. The van der Waals surface area contributed by atoms with Gasteiger partial charge in [0.1, 0.15) is 7.05 Å². The van der Waals surface area contributed by atoms with Crippen LogP contribution in [0.25, 0.3) is 22.4 Å². The van der Waals surface area contributed by atoms with Gasteiger partial charge in [0.05, 0.1) is 0 Å². The third-order valence-corrected chi connectivity index (χ3v) is 5.08. The fraction of sp³-hybridized carbons (Fsp3) is 0.320. The third-order valence-electron chi connectivity index (χ3n) is 5.08. The van der Waals surface area contributed by atoms with E-state index in [9.17, 15) is 0 Å². The molecule has 1 aliphatic rings. The molecule has 0 radical (unpaired) electrons. The summed E-state index contributed by atoms with van der Waals surface area (Å²) >= 11 is 0. The Balaban J connectivity index is 1.80. The summed E-state index contributed by atoms with van der Waals surface area (Å²) in [4.78, 5) is 0. The summed E-state index contributed by atoms with van der Waals surface area (Å²) in [6.07, 6.45) is -1.33. The van der Waals surface area contributed by atoms with Gasteiger partial charge in [-0.2, -0.15) is 0 Å². The van der Waals surface area contributed by atoms with E-state index in [-0.39, 0.29) is 6.42 Å². The molecule has 1 heterocycles. The molecule has 0 saturated heterocycles. The summed E-state index contributed by atoms with van der Waals surface area (Å²) in [6.45, 7) is 2.09. The summed E-state index contributed by atoms with van der Waals surface area (Å²) in [5.74, 6) is -1.62. The van der Waals surface area contributed by atoms with E-state index in [1.165, 1.54) is 5.56 Å². The van der Waals surface area contributed by atoms with Crippen molar-refractivity contribution in [1.82, 2.24) is 0 Å². The van der Waals surface area contributed by atoms with Crippen molar-refractivity contribution in [2.45, 2.75) is 44.8 Å². The Morgan fingerprint density at radius 3 is 2.73 bits per heavy atom. The molecule has 0 bridgehead atoms. The van der Waals surface area contributed by atoms with E-state index in [1.54, 1.807) is 6.07 Å². The second kappa shape index (κ2) is 7.45. The first-order valence-electron chi connectivity index (χ1n) is 11.7. The third kappa shape index (κ3) is 3.44. The van der Waals surface area contributed by atoms with Gasteiger partial charge in [-0.05, 0) is 53.9 Å². The van der Waals surface area contributed by atoms with Crippen molar-refractivity contribution in [3.05, 3.63) is 78.0 Å². The Morgan fingerprint density at radius 1 is 1.00 bits per heavy atom. The van der Waals surface area contributed by atoms with Crippen molar-refractivity contribution >= 4 is 0 Å². The van der Waals surface area contributed by atoms with Crippen LogP contribution in [0.4, 0.5) is 0 Å². The van der Waals surface area contributed by atoms with E-state index >= 15 is 0 Å². The standard InChI is InChI=1S/C25H28N/c1-19-9-6-7-14-24(19)25-18-23(15-16-26(25)2)22-13-8-12-21(17-22)20-10-4-3-5-11-20/h6-9,12-18,20H,3-5,10-11H2,1-2H3/q+1/i4D2,10D2,20D. The van der Waals surface area contributed by atoms with Gasteiger partial charge in [0, 0.05) is 24.5 Å². The molecule has 0 N–H and O–H groups in total. The lowest BCUT2D eigenvalue weighted by Crippen LogP contribution is -2.30. The Kier molecular flexibility index (Phi) is 3.46. The van der Waals surface area contributed by atoms with E-state index in [4.69, 9.17) is 6.85 Å². The van der Waals surface area contributed by atoms with E-state index in [0.717, 1.165) is 22.4 Å². The second-order valence-corrected chi connectivity index (χ2v) is 6.94. The van der Waals surface area contributed by atoms with Crippen LogP contribution in [0.5, 0.6) is 0 Å². The van der Waals surface area contributed by atoms with Gasteiger partial charge in [-0.1, -0.05) is 61.7 Å². The summed E-state index contributed by atoms with van der Waals surface area (Å²) in [6, 6.07) is 19.8. The minimum absolute atomic E-state index is 0.148. The van der Waals surface area contributed by atoms with Crippen LogP contribution in [-0.4, -0.2) is 0 Å². The molecule has 3 aromatic rings. The van der Waals surface area contributed by atoms with Crippen molar-refractivity contribution < 1.29 is 11.4 Å². The molecule has 4 rings (SSSR count). The summed E-state index contributed by atoms with van der Waals surface area (Å²) in [5.41, 5.74) is 5.83.